The van der Waals surface area contributed by atoms with Crippen LogP contribution >= 0.6 is 0 Å². The third-order valence-corrected chi connectivity index (χ3v) is 3.90. The molecule has 0 spiro atoms. The van der Waals surface area contributed by atoms with Gasteiger partial charge < -0.3 is 5.11 Å². The molecule has 0 saturated heterocycles. The van der Waals surface area contributed by atoms with Crippen LogP contribution in [0.5, 0.6) is 0 Å². The van der Waals surface area contributed by atoms with Crippen molar-refractivity contribution in [1.29, 1.82) is 0 Å². The van der Waals surface area contributed by atoms with Gasteiger partial charge in [-0.25, -0.2) is 13.1 Å². The topological polar surface area (TPSA) is 110 Å². The zero-order valence-corrected chi connectivity index (χ0v) is 10.6. The lowest BCUT2D eigenvalue weighted by molar-refractivity contribution is -0.385. The van der Waals surface area contributed by atoms with Gasteiger partial charge in [0.25, 0.3) is 5.69 Å². The normalized spacial score (nSPS) is 11.4. The van der Waals surface area contributed by atoms with E-state index in [2.05, 4.69) is 4.72 Å². The number of nitro groups is 1. The monoisotopic (exact) mass is 274 g/mol. The summed E-state index contributed by atoms with van der Waals surface area (Å²) in [6, 6.07) is 3.66. The number of aliphatic hydroxyl groups excluding tert-OH is 1. The summed E-state index contributed by atoms with van der Waals surface area (Å²) in [5.41, 5.74) is 0.153. The highest BCUT2D eigenvalue weighted by Gasteiger charge is 2.19. The lowest BCUT2D eigenvalue weighted by Gasteiger charge is -2.08. The molecule has 0 aliphatic carbocycles. The van der Waals surface area contributed by atoms with Gasteiger partial charge in [0, 0.05) is 25.3 Å². The molecule has 0 atom stereocenters. The van der Waals surface area contributed by atoms with Crippen LogP contribution in [0.25, 0.3) is 0 Å². The molecule has 2 N–H and O–H groups in total. The number of aryl methyl sites for hydroxylation is 1. The molecular formula is C10H14N2O5S. The molecule has 0 aliphatic heterocycles. The van der Waals surface area contributed by atoms with Crippen molar-refractivity contribution in [3.05, 3.63) is 33.9 Å². The van der Waals surface area contributed by atoms with Gasteiger partial charge in [-0.2, -0.15) is 0 Å². The molecule has 0 amide bonds. The summed E-state index contributed by atoms with van der Waals surface area (Å²) >= 11 is 0. The molecule has 1 aromatic rings. The van der Waals surface area contributed by atoms with Gasteiger partial charge in [0.05, 0.1) is 9.82 Å². The Balaban J connectivity index is 3.07. The number of hydrogen-bond donors (Lipinski definition) is 2. The van der Waals surface area contributed by atoms with E-state index in [1.807, 2.05) is 0 Å². The van der Waals surface area contributed by atoms with Crippen LogP contribution in [-0.4, -0.2) is 31.6 Å². The van der Waals surface area contributed by atoms with Crippen LogP contribution in [0.15, 0.2) is 23.1 Å². The van der Waals surface area contributed by atoms with E-state index in [0.717, 1.165) is 6.07 Å². The highest BCUT2D eigenvalue weighted by molar-refractivity contribution is 7.89. The number of nitrogens with one attached hydrogen (secondary N) is 1. The first-order valence-corrected chi connectivity index (χ1v) is 6.72. The molecule has 0 radical (unpaired) electrons. The Morgan fingerprint density at radius 3 is 2.67 bits per heavy atom. The first-order valence-electron chi connectivity index (χ1n) is 5.24. The number of nitro benzene ring substituents is 1. The summed E-state index contributed by atoms with van der Waals surface area (Å²) in [4.78, 5) is 9.85. The number of benzene rings is 1. The Labute approximate surface area is 105 Å². The number of sulfonamides is 1. The molecule has 0 unspecified atom stereocenters. The van der Waals surface area contributed by atoms with E-state index >= 15 is 0 Å². The van der Waals surface area contributed by atoms with Gasteiger partial charge in [0.2, 0.25) is 10.0 Å². The first-order chi connectivity index (χ1) is 8.38. The summed E-state index contributed by atoms with van der Waals surface area (Å²) in [5.74, 6) is 0. The number of hydrogen-bond acceptors (Lipinski definition) is 5. The SMILES string of the molecule is Cc1ccc([N+](=O)[O-])cc1S(=O)(=O)NCCCO. The van der Waals surface area contributed by atoms with Gasteiger partial charge in [-0.05, 0) is 18.9 Å². The molecule has 7 nitrogen and oxygen atoms in total. The van der Waals surface area contributed by atoms with Crippen molar-refractivity contribution in [2.75, 3.05) is 13.2 Å². The predicted molar refractivity (Wildman–Crippen MR) is 64.7 cm³/mol. The van der Waals surface area contributed by atoms with Crippen LogP contribution in [0.2, 0.25) is 0 Å². The Hall–Kier alpha value is -1.51. The van der Waals surface area contributed by atoms with Gasteiger partial charge in [-0.1, -0.05) is 6.07 Å². The van der Waals surface area contributed by atoms with E-state index in [0.29, 0.717) is 5.56 Å². The van der Waals surface area contributed by atoms with E-state index in [-0.39, 0.29) is 30.2 Å². The summed E-state index contributed by atoms with van der Waals surface area (Å²) in [7, 11) is -3.78. The van der Waals surface area contributed by atoms with E-state index in [9.17, 15) is 18.5 Å². The zero-order chi connectivity index (χ0) is 13.8. The molecular weight excluding hydrogens is 260 g/mol. The Morgan fingerprint density at radius 2 is 2.11 bits per heavy atom. The number of nitrogens with zero attached hydrogens (tertiary/aromatic N) is 1. The smallest absolute Gasteiger partial charge is 0.270 e. The molecule has 100 valence electrons. The number of rotatable bonds is 6. The minimum absolute atomic E-state index is 0.0843. The van der Waals surface area contributed by atoms with Crippen LogP contribution < -0.4 is 4.72 Å². The average molecular weight is 274 g/mol. The van der Waals surface area contributed by atoms with Crippen LogP contribution in [-0.2, 0) is 10.0 Å². The van der Waals surface area contributed by atoms with Crippen molar-refractivity contribution >= 4 is 15.7 Å². The lowest BCUT2D eigenvalue weighted by atomic mass is 10.2. The molecule has 1 aromatic carbocycles. The van der Waals surface area contributed by atoms with Crippen LogP contribution in [0.3, 0.4) is 0 Å². The van der Waals surface area contributed by atoms with E-state index in [1.54, 1.807) is 6.92 Å². The maximum atomic E-state index is 11.9. The van der Waals surface area contributed by atoms with Crippen molar-refractivity contribution in [3.8, 4) is 0 Å². The van der Waals surface area contributed by atoms with Gasteiger partial charge in [0.1, 0.15) is 0 Å². The van der Waals surface area contributed by atoms with Crippen molar-refractivity contribution in [1.82, 2.24) is 4.72 Å². The lowest BCUT2D eigenvalue weighted by Crippen LogP contribution is -2.26. The zero-order valence-electron chi connectivity index (χ0n) is 9.79. The Morgan fingerprint density at radius 1 is 1.44 bits per heavy atom. The fourth-order valence-electron chi connectivity index (χ4n) is 1.36. The summed E-state index contributed by atoms with van der Waals surface area (Å²) in [6.45, 7) is 1.52. The molecule has 0 aliphatic rings. The molecule has 0 fully saturated rings. The van der Waals surface area contributed by atoms with Crippen LogP contribution in [0, 0.1) is 17.0 Å². The third-order valence-electron chi connectivity index (χ3n) is 2.30. The fourth-order valence-corrected chi connectivity index (χ4v) is 2.69. The van der Waals surface area contributed by atoms with Crippen molar-refractivity contribution in [2.45, 2.75) is 18.2 Å². The minimum atomic E-state index is -3.78. The summed E-state index contributed by atoms with van der Waals surface area (Å²) < 4.78 is 26.0. The van der Waals surface area contributed by atoms with Crippen molar-refractivity contribution in [3.63, 3.8) is 0 Å². The van der Waals surface area contributed by atoms with Gasteiger partial charge >= 0.3 is 0 Å². The fraction of sp³-hybridized carbons (Fsp3) is 0.400. The second-order valence-electron chi connectivity index (χ2n) is 3.68. The largest absolute Gasteiger partial charge is 0.396 e. The molecule has 0 bridgehead atoms. The van der Waals surface area contributed by atoms with Gasteiger partial charge in [-0.15, -0.1) is 0 Å². The molecule has 0 heterocycles. The molecule has 1 rings (SSSR count). The molecule has 0 saturated carbocycles. The van der Waals surface area contributed by atoms with Crippen LogP contribution in [0.4, 0.5) is 5.69 Å². The maximum Gasteiger partial charge on any atom is 0.270 e. The second kappa shape index (κ2) is 5.89. The standard InChI is InChI=1S/C10H14N2O5S/c1-8-3-4-9(12(14)15)7-10(8)18(16,17)11-5-2-6-13/h3-4,7,11,13H,2,5-6H2,1H3. The molecule has 0 aromatic heterocycles. The second-order valence-corrected chi connectivity index (χ2v) is 5.42. The number of non-ortho nitro benzene ring substituents is 1. The van der Waals surface area contributed by atoms with Crippen LogP contribution in [0.1, 0.15) is 12.0 Å². The minimum Gasteiger partial charge on any atom is -0.396 e. The highest BCUT2D eigenvalue weighted by Crippen LogP contribution is 2.21. The summed E-state index contributed by atoms with van der Waals surface area (Å²) in [5, 5.41) is 19.2. The van der Waals surface area contributed by atoms with E-state index < -0.39 is 14.9 Å². The van der Waals surface area contributed by atoms with Gasteiger partial charge in [-0.3, -0.25) is 10.1 Å². The molecule has 18 heavy (non-hydrogen) atoms. The van der Waals surface area contributed by atoms with E-state index in [4.69, 9.17) is 5.11 Å². The van der Waals surface area contributed by atoms with Crippen molar-refractivity contribution in [2.24, 2.45) is 0 Å². The van der Waals surface area contributed by atoms with Crippen molar-refractivity contribution < 1.29 is 18.4 Å². The Bertz CT molecular complexity index is 541. The summed E-state index contributed by atoms with van der Waals surface area (Å²) in [6.07, 6.45) is 0.285. The molecule has 8 heteroatoms. The maximum absolute atomic E-state index is 11.9. The Kier molecular flexibility index (Phi) is 4.76. The first kappa shape index (κ1) is 14.6. The van der Waals surface area contributed by atoms with Gasteiger partial charge in [0.15, 0.2) is 0 Å². The van der Waals surface area contributed by atoms with E-state index in [1.165, 1.54) is 12.1 Å². The quantitative estimate of drug-likeness (QED) is 0.447. The predicted octanol–water partition coefficient (Wildman–Crippen LogP) is 0.564. The average Bonchev–Trinajstić information content (AvgIpc) is 2.29. The third kappa shape index (κ3) is 3.49. The number of aliphatic hydroxyl groups is 1. The highest BCUT2D eigenvalue weighted by atomic mass is 32.2.